The number of halogens is 2. The van der Waals surface area contributed by atoms with Gasteiger partial charge in [-0.3, -0.25) is 20.4 Å². The lowest BCUT2D eigenvalue weighted by molar-refractivity contribution is 0.0365. The van der Waals surface area contributed by atoms with Gasteiger partial charge in [0.05, 0.1) is 23.3 Å². The monoisotopic (exact) mass is 322 g/mol. The van der Waals surface area contributed by atoms with Gasteiger partial charge in [-0.15, -0.1) is 23.2 Å². The predicted molar refractivity (Wildman–Crippen MR) is 82.0 cm³/mol. The zero-order chi connectivity index (χ0) is 13.9. The Morgan fingerprint density at radius 3 is 1.40 bits per heavy atom. The Bertz CT molecular complexity index is 282. The molecular weight excluding hydrogens is 299 g/mol. The second-order valence-corrected chi connectivity index (χ2v) is 6.74. The van der Waals surface area contributed by atoms with Crippen LogP contribution in [0.25, 0.3) is 0 Å². The van der Waals surface area contributed by atoms with Gasteiger partial charge in [-0.2, -0.15) is 0 Å². The summed E-state index contributed by atoms with van der Waals surface area (Å²) >= 11 is 12.3. The summed E-state index contributed by atoms with van der Waals surface area (Å²) in [4.78, 5) is 4.96. The van der Waals surface area contributed by atoms with Gasteiger partial charge >= 0.3 is 0 Å². The van der Waals surface area contributed by atoms with Crippen molar-refractivity contribution < 1.29 is 0 Å². The zero-order valence-electron chi connectivity index (χ0n) is 11.6. The van der Waals surface area contributed by atoms with E-state index in [0.29, 0.717) is 12.3 Å². The van der Waals surface area contributed by atoms with Gasteiger partial charge in [-0.05, 0) is 0 Å². The summed E-state index contributed by atoms with van der Waals surface area (Å²) in [7, 11) is 0. The summed E-state index contributed by atoms with van der Waals surface area (Å²) in [6, 6.07) is 0. The maximum atomic E-state index is 6.15. The number of nitrogens with one attached hydrogen (secondary N) is 4. The summed E-state index contributed by atoms with van der Waals surface area (Å²) in [6.45, 7) is 7.87. The van der Waals surface area contributed by atoms with Gasteiger partial charge in [0.15, 0.2) is 0 Å². The minimum Gasteiger partial charge on any atom is -0.311 e. The van der Waals surface area contributed by atoms with E-state index in [0.717, 1.165) is 52.4 Å². The zero-order valence-corrected chi connectivity index (χ0v) is 13.1. The van der Waals surface area contributed by atoms with Crippen LogP contribution in [0.1, 0.15) is 0 Å². The lowest BCUT2D eigenvalue weighted by atomic mass is 10.2. The van der Waals surface area contributed by atoms with Crippen LogP contribution in [0.4, 0.5) is 0 Å². The standard InChI is InChI=1S/C12H24Cl2N6/c13-9-5-15-7-11(17-9)19-1-2-20(4-3-19)12-8-16-6-10(14)18-12/h9-12,15-18H,1-8H2. The molecule has 116 valence electrons. The van der Waals surface area contributed by atoms with E-state index in [1.807, 2.05) is 0 Å². The number of hydrogen-bond donors (Lipinski definition) is 4. The molecule has 3 heterocycles. The van der Waals surface area contributed by atoms with E-state index < -0.39 is 0 Å². The van der Waals surface area contributed by atoms with Gasteiger partial charge in [0.2, 0.25) is 0 Å². The molecule has 0 amide bonds. The molecule has 0 aromatic heterocycles. The molecule has 0 aromatic rings. The fraction of sp³-hybridized carbons (Fsp3) is 1.00. The van der Waals surface area contributed by atoms with Crippen LogP contribution < -0.4 is 21.3 Å². The Morgan fingerprint density at radius 2 is 1.05 bits per heavy atom. The molecule has 0 aromatic carbocycles. The van der Waals surface area contributed by atoms with Crippen LogP contribution >= 0.6 is 23.2 Å². The number of rotatable bonds is 2. The van der Waals surface area contributed by atoms with E-state index in [1.54, 1.807) is 0 Å². The van der Waals surface area contributed by atoms with E-state index in [1.165, 1.54) is 0 Å². The first-order chi connectivity index (χ1) is 9.72. The van der Waals surface area contributed by atoms with E-state index in [2.05, 4.69) is 31.1 Å². The van der Waals surface area contributed by atoms with Gasteiger partial charge < -0.3 is 10.6 Å². The molecule has 0 saturated carbocycles. The minimum atomic E-state index is 0.0352. The first kappa shape index (κ1) is 15.2. The molecule has 0 bridgehead atoms. The summed E-state index contributed by atoms with van der Waals surface area (Å²) in [5, 5.41) is 13.6. The Balaban J connectivity index is 1.46. The largest absolute Gasteiger partial charge is 0.311 e. The predicted octanol–water partition coefficient (Wildman–Crippen LogP) is -1.23. The molecule has 3 aliphatic heterocycles. The lowest BCUT2D eigenvalue weighted by Crippen LogP contribution is -2.67. The SMILES string of the molecule is ClC1CNCC(N2CCN(C3CNCC(Cl)N3)CC2)N1. The van der Waals surface area contributed by atoms with Crippen LogP contribution in [0.3, 0.4) is 0 Å². The molecule has 4 unspecified atom stereocenters. The van der Waals surface area contributed by atoms with E-state index in [4.69, 9.17) is 23.2 Å². The van der Waals surface area contributed by atoms with Crippen LogP contribution in [-0.2, 0) is 0 Å². The van der Waals surface area contributed by atoms with E-state index in [-0.39, 0.29) is 11.0 Å². The molecule has 3 aliphatic rings. The summed E-state index contributed by atoms with van der Waals surface area (Å²) in [5.74, 6) is 0. The molecule has 8 heteroatoms. The molecule has 4 N–H and O–H groups in total. The maximum absolute atomic E-state index is 6.15. The van der Waals surface area contributed by atoms with E-state index >= 15 is 0 Å². The Hall–Kier alpha value is 0.340. The van der Waals surface area contributed by atoms with Crippen LogP contribution in [0.5, 0.6) is 0 Å². The smallest absolute Gasteiger partial charge is 0.0963 e. The second kappa shape index (κ2) is 7.07. The van der Waals surface area contributed by atoms with Crippen molar-refractivity contribution in [2.45, 2.75) is 23.3 Å². The Labute approximate surface area is 130 Å². The number of alkyl halides is 2. The normalized spacial score (nSPS) is 41.7. The van der Waals surface area contributed by atoms with Crippen LogP contribution in [0.15, 0.2) is 0 Å². The third-order valence-electron chi connectivity index (χ3n) is 4.30. The highest BCUT2D eigenvalue weighted by molar-refractivity contribution is 6.20. The molecule has 0 aliphatic carbocycles. The third-order valence-corrected chi connectivity index (χ3v) is 4.86. The van der Waals surface area contributed by atoms with Crippen molar-refractivity contribution in [3.05, 3.63) is 0 Å². The summed E-state index contributed by atoms with van der Waals surface area (Å²) in [6.07, 6.45) is 0.707. The molecule has 3 rings (SSSR count). The van der Waals surface area contributed by atoms with Crippen LogP contribution in [0.2, 0.25) is 0 Å². The lowest BCUT2D eigenvalue weighted by Gasteiger charge is -2.45. The molecule has 0 radical (unpaired) electrons. The highest BCUT2D eigenvalue weighted by Crippen LogP contribution is 2.11. The third kappa shape index (κ3) is 3.75. The fourth-order valence-corrected chi connectivity index (χ4v) is 3.69. The Morgan fingerprint density at radius 1 is 0.650 bits per heavy atom. The van der Waals surface area contributed by atoms with Crippen LogP contribution in [-0.4, -0.2) is 85.5 Å². The highest BCUT2D eigenvalue weighted by atomic mass is 35.5. The van der Waals surface area contributed by atoms with Gasteiger partial charge in [-0.1, -0.05) is 0 Å². The second-order valence-electron chi connectivity index (χ2n) is 5.69. The van der Waals surface area contributed by atoms with Crippen LogP contribution in [0, 0.1) is 0 Å². The van der Waals surface area contributed by atoms with Crippen molar-refractivity contribution in [3.63, 3.8) is 0 Å². The molecule has 3 fully saturated rings. The Kier molecular flexibility index (Phi) is 5.39. The first-order valence-corrected chi connectivity index (χ1v) is 8.29. The van der Waals surface area contributed by atoms with Gasteiger partial charge in [0.1, 0.15) is 0 Å². The van der Waals surface area contributed by atoms with Crippen molar-refractivity contribution in [1.82, 2.24) is 31.1 Å². The molecule has 6 nitrogen and oxygen atoms in total. The van der Waals surface area contributed by atoms with Crippen molar-refractivity contribution in [1.29, 1.82) is 0 Å². The van der Waals surface area contributed by atoms with Crippen molar-refractivity contribution in [2.24, 2.45) is 0 Å². The molecule has 4 atom stereocenters. The molecule has 0 spiro atoms. The first-order valence-electron chi connectivity index (χ1n) is 7.42. The van der Waals surface area contributed by atoms with Crippen molar-refractivity contribution in [2.75, 3.05) is 52.4 Å². The number of hydrogen-bond acceptors (Lipinski definition) is 6. The number of nitrogens with zero attached hydrogens (tertiary/aromatic N) is 2. The fourth-order valence-electron chi connectivity index (χ4n) is 3.18. The summed E-state index contributed by atoms with van der Waals surface area (Å²) < 4.78 is 0. The minimum absolute atomic E-state index is 0.0352. The van der Waals surface area contributed by atoms with Gasteiger partial charge in [-0.25, -0.2) is 0 Å². The molecular formula is C12H24Cl2N6. The van der Waals surface area contributed by atoms with Crippen molar-refractivity contribution in [3.8, 4) is 0 Å². The average Bonchev–Trinajstić information content (AvgIpc) is 2.47. The number of piperazine rings is 3. The summed E-state index contributed by atoms with van der Waals surface area (Å²) in [5.41, 5.74) is 0.0704. The average molecular weight is 323 g/mol. The van der Waals surface area contributed by atoms with E-state index in [9.17, 15) is 0 Å². The highest BCUT2D eigenvalue weighted by Gasteiger charge is 2.31. The molecule has 3 saturated heterocycles. The topological polar surface area (TPSA) is 54.6 Å². The maximum Gasteiger partial charge on any atom is 0.0963 e. The quantitative estimate of drug-likeness (QED) is 0.377. The van der Waals surface area contributed by atoms with Gasteiger partial charge in [0, 0.05) is 52.4 Å². The molecule has 20 heavy (non-hydrogen) atoms. The van der Waals surface area contributed by atoms with Crippen molar-refractivity contribution >= 4 is 23.2 Å². The van der Waals surface area contributed by atoms with Gasteiger partial charge in [0.25, 0.3) is 0 Å².